The van der Waals surface area contributed by atoms with Gasteiger partial charge in [0.15, 0.2) is 0 Å². The Balaban J connectivity index is 2.22. The molecule has 2 aromatic rings. The van der Waals surface area contributed by atoms with E-state index in [0.717, 1.165) is 11.1 Å². The van der Waals surface area contributed by atoms with Crippen molar-refractivity contribution < 1.29 is 8.42 Å². The molecule has 0 amide bonds. The van der Waals surface area contributed by atoms with Crippen molar-refractivity contribution in [3.8, 4) is 12.0 Å². The fourth-order valence-corrected chi connectivity index (χ4v) is 3.42. The van der Waals surface area contributed by atoms with Crippen molar-refractivity contribution in [3.63, 3.8) is 0 Å². The lowest BCUT2D eigenvalue weighted by atomic mass is 10.2. The molecule has 0 spiro atoms. The highest BCUT2D eigenvalue weighted by Crippen LogP contribution is 2.16. The maximum atomic E-state index is 12.7. The average Bonchev–Trinajstić information content (AvgIpc) is 2.59. The van der Waals surface area contributed by atoms with Crippen molar-refractivity contribution in [3.05, 3.63) is 71.8 Å². The van der Waals surface area contributed by atoms with E-state index in [2.05, 4.69) is 12.0 Å². The van der Waals surface area contributed by atoms with Crippen LogP contribution in [0.4, 0.5) is 0 Å². The Labute approximate surface area is 144 Å². The summed E-state index contributed by atoms with van der Waals surface area (Å²) in [5.74, 6) is 2.82. The molecular weight excluding hydrogens is 318 g/mol. The van der Waals surface area contributed by atoms with Gasteiger partial charge in [0.2, 0.25) is 0 Å². The van der Waals surface area contributed by atoms with Crippen LogP contribution >= 0.6 is 0 Å². The third kappa shape index (κ3) is 4.74. The lowest BCUT2D eigenvalue weighted by Crippen LogP contribution is -2.27. The molecule has 0 atom stereocenters. The Morgan fingerprint density at radius 2 is 1.71 bits per heavy atom. The minimum Gasteiger partial charge on any atom is -0.224 e. The standard InChI is InChI=1S/C20H21NO2S/c1-3-16-21(17-8-7-11-19-9-5-4-6-10-19)24(22,23)20-14-12-18(2)13-15-20/h4-7,9-15H,3,16H2,1-2H3/b11-7+. The Bertz CT molecular complexity index is 842. The van der Waals surface area contributed by atoms with Gasteiger partial charge in [0.1, 0.15) is 0 Å². The molecular formula is C20H21NO2S. The normalized spacial score (nSPS) is 11.1. The van der Waals surface area contributed by atoms with E-state index in [1.54, 1.807) is 30.3 Å². The molecule has 0 heterocycles. The second-order valence-corrected chi connectivity index (χ2v) is 7.25. The maximum absolute atomic E-state index is 12.7. The SMILES string of the molecule is CCCN(C#C/C=C/c1ccccc1)S(=O)(=O)c1ccc(C)cc1. The van der Waals surface area contributed by atoms with Gasteiger partial charge in [0.05, 0.1) is 4.90 Å². The second-order valence-electron chi connectivity index (χ2n) is 5.39. The summed E-state index contributed by atoms with van der Waals surface area (Å²) in [6, 6.07) is 19.3. The van der Waals surface area contributed by atoms with E-state index in [0.29, 0.717) is 13.0 Å². The third-order valence-electron chi connectivity index (χ3n) is 3.38. The highest BCUT2D eigenvalue weighted by Gasteiger charge is 2.20. The Morgan fingerprint density at radius 1 is 1.04 bits per heavy atom. The van der Waals surface area contributed by atoms with Crippen LogP contribution in [0.5, 0.6) is 0 Å². The number of nitrogens with zero attached hydrogens (tertiary/aromatic N) is 1. The molecule has 2 aromatic carbocycles. The highest BCUT2D eigenvalue weighted by atomic mass is 32.2. The fraction of sp³-hybridized carbons (Fsp3) is 0.200. The second kappa shape index (κ2) is 8.37. The van der Waals surface area contributed by atoms with Crippen LogP contribution in [-0.2, 0) is 10.0 Å². The van der Waals surface area contributed by atoms with Crippen molar-refractivity contribution in [2.75, 3.05) is 6.54 Å². The van der Waals surface area contributed by atoms with Gasteiger partial charge in [-0.3, -0.25) is 0 Å². The summed E-state index contributed by atoms with van der Waals surface area (Å²) in [6.45, 7) is 4.22. The Morgan fingerprint density at radius 3 is 2.33 bits per heavy atom. The number of allylic oxidation sites excluding steroid dienone is 1. The fourth-order valence-electron chi connectivity index (χ4n) is 2.09. The molecule has 0 unspecified atom stereocenters. The molecule has 0 aliphatic carbocycles. The van der Waals surface area contributed by atoms with E-state index < -0.39 is 10.0 Å². The third-order valence-corrected chi connectivity index (χ3v) is 5.11. The van der Waals surface area contributed by atoms with Crippen LogP contribution in [0.2, 0.25) is 0 Å². The largest absolute Gasteiger partial charge is 0.270 e. The van der Waals surface area contributed by atoms with E-state index in [4.69, 9.17) is 0 Å². The van der Waals surface area contributed by atoms with Crippen LogP contribution in [0.3, 0.4) is 0 Å². The van der Waals surface area contributed by atoms with Gasteiger partial charge < -0.3 is 0 Å². The average molecular weight is 339 g/mol. The van der Waals surface area contributed by atoms with Gasteiger partial charge in [-0.05, 0) is 43.2 Å². The number of benzene rings is 2. The summed E-state index contributed by atoms with van der Waals surface area (Å²) >= 11 is 0. The summed E-state index contributed by atoms with van der Waals surface area (Å²) in [5, 5.41) is 0. The van der Waals surface area contributed by atoms with E-state index >= 15 is 0 Å². The first-order valence-electron chi connectivity index (χ1n) is 7.86. The summed E-state index contributed by atoms with van der Waals surface area (Å²) in [7, 11) is -3.60. The van der Waals surface area contributed by atoms with Gasteiger partial charge >= 0.3 is 0 Å². The predicted molar refractivity (Wildman–Crippen MR) is 98.6 cm³/mol. The number of sulfonamides is 1. The summed E-state index contributed by atoms with van der Waals surface area (Å²) in [6.07, 6.45) is 4.22. The minimum absolute atomic E-state index is 0.267. The van der Waals surface area contributed by atoms with Crippen molar-refractivity contribution >= 4 is 16.1 Å². The predicted octanol–water partition coefficient (Wildman–Crippen LogP) is 4.07. The van der Waals surface area contributed by atoms with Crippen molar-refractivity contribution in [2.45, 2.75) is 25.2 Å². The highest BCUT2D eigenvalue weighted by molar-refractivity contribution is 7.89. The van der Waals surface area contributed by atoms with Crippen LogP contribution in [0, 0.1) is 18.9 Å². The first kappa shape index (κ1) is 17.8. The Hall–Kier alpha value is -2.51. The molecule has 0 radical (unpaired) electrons. The van der Waals surface area contributed by atoms with E-state index in [1.165, 1.54) is 4.31 Å². The molecule has 2 rings (SSSR count). The van der Waals surface area contributed by atoms with Gasteiger partial charge in [-0.25, -0.2) is 12.7 Å². The number of hydrogen-bond acceptors (Lipinski definition) is 2. The first-order valence-corrected chi connectivity index (χ1v) is 9.30. The zero-order valence-electron chi connectivity index (χ0n) is 13.9. The maximum Gasteiger partial charge on any atom is 0.270 e. The van der Waals surface area contributed by atoms with Crippen LogP contribution in [0.15, 0.2) is 65.6 Å². The molecule has 0 aliphatic heterocycles. The molecule has 0 fully saturated rings. The summed E-state index contributed by atoms with van der Waals surface area (Å²) in [5.41, 5.74) is 2.04. The van der Waals surface area contributed by atoms with Crippen LogP contribution < -0.4 is 0 Å². The smallest absolute Gasteiger partial charge is 0.224 e. The van der Waals surface area contributed by atoms with Gasteiger partial charge in [-0.2, -0.15) is 0 Å². The lowest BCUT2D eigenvalue weighted by Gasteiger charge is -2.17. The molecule has 124 valence electrons. The molecule has 0 aliphatic rings. The molecule has 0 aromatic heterocycles. The van der Waals surface area contributed by atoms with Crippen molar-refractivity contribution in [1.82, 2.24) is 4.31 Å². The minimum atomic E-state index is -3.60. The van der Waals surface area contributed by atoms with Crippen molar-refractivity contribution in [2.24, 2.45) is 0 Å². The number of rotatable bonds is 5. The van der Waals surface area contributed by atoms with Gasteiger partial charge in [0, 0.05) is 12.6 Å². The summed E-state index contributed by atoms with van der Waals surface area (Å²) < 4.78 is 26.6. The van der Waals surface area contributed by atoms with Crippen LogP contribution in [0.1, 0.15) is 24.5 Å². The number of hydrogen-bond donors (Lipinski definition) is 0. The monoisotopic (exact) mass is 339 g/mol. The zero-order chi connectivity index (χ0) is 17.4. The molecule has 24 heavy (non-hydrogen) atoms. The summed E-state index contributed by atoms with van der Waals surface area (Å²) in [4.78, 5) is 0.267. The van der Waals surface area contributed by atoms with E-state index in [9.17, 15) is 8.42 Å². The molecule has 0 bridgehead atoms. The van der Waals surface area contributed by atoms with Gasteiger partial charge in [-0.1, -0.05) is 60.9 Å². The van der Waals surface area contributed by atoms with Crippen LogP contribution in [-0.4, -0.2) is 19.3 Å². The van der Waals surface area contributed by atoms with Gasteiger partial charge in [0.25, 0.3) is 10.0 Å². The molecule has 0 N–H and O–H groups in total. The zero-order valence-corrected chi connectivity index (χ0v) is 14.8. The number of aryl methyl sites for hydroxylation is 1. The topological polar surface area (TPSA) is 37.4 Å². The lowest BCUT2D eigenvalue weighted by molar-refractivity contribution is 0.508. The first-order chi connectivity index (χ1) is 11.5. The molecule has 3 nitrogen and oxygen atoms in total. The van der Waals surface area contributed by atoms with Crippen LogP contribution in [0.25, 0.3) is 6.08 Å². The van der Waals surface area contributed by atoms with Crippen molar-refractivity contribution in [1.29, 1.82) is 0 Å². The molecule has 4 heteroatoms. The Kier molecular flexibility index (Phi) is 6.22. The van der Waals surface area contributed by atoms with Gasteiger partial charge in [-0.15, -0.1) is 0 Å². The molecule has 0 saturated carbocycles. The quantitative estimate of drug-likeness (QED) is 0.608. The van der Waals surface area contributed by atoms with E-state index in [1.807, 2.05) is 50.3 Å². The van der Waals surface area contributed by atoms with E-state index in [-0.39, 0.29) is 4.90 Å². The molecule has 0 saturated heterocycles.